The van der Waals surface area contributed by atoms with Gasteiger partial charge in [0.2, 0.25) is 5.91 Å². The van der Waals surface area contributed by atoms with Gasteiger partial charge < -0.3 is 15.8 Å². The maximum absolute atomic E-state index is 11.9. The Bertz CT molecular complexity index is 432. The van der Waals surface area contributed by atoms with Crippen LogP contribution in [0.15, 0.2) is 24.3 Å². The second-order valence-electron chi connectivity index (χ2n) is 5.09. The smallest absolute Gasteiger partial charge is 0.234 e. The number of hydrogen-bond donors (Lipinski definition) is 2. The second kappa shape index (κ2) is 8.64. The highest BCUT2D eigenvalue weighted by Crippen LogP contribution is 2.25. The van der Waals surface area contributed by atoms with Crippen molar-refractivity contribution in [3.63, 3.8) is 0 Å². The minimum atomic E-state index is -0.0761. The zero-order valence-corrected chi connectivity index (χ0v) is 13.4. The Labute approximate surface area is 127 Å². The lowest BCUT2D eigenvalue weighted by Gasteiger charge is -2.33. The first-order chi connectivity index (χ1) is 10.0. The van der Waals surface area contributed by atoms with Gasteiger partial charge in [0, 0.05) is 12.6 Å². The molecule has 5 nitrogen and oxygen atoms in total. The van der Waals surface area contributed by atoms with Crippen molar-refractivity contribution in [3.8, 4) is 5.75 Å². The van der Waals surface area contributed by atoms with Crippen LogP contribution in [-0.4, -0.2) is 43.6 Å². The monoisotopic (exact) mass is 293 g/mol. The standard InChI is InChI=1S/C16H27N3O2/c1-5-18-15(20)11-19(6-2)16(12(3)17)13-7-9-14(21-4)10-8-13/h7-10,12,16H,5-6,11,17H2,1-4H3,(H,18,20). The predicted octanol–water partition coefficient (Wildman–Crippen LogP) is 1.54. The van der Waals surface area contributed by atoms with E-state index < -0.39 is 0 Å². The Morgan fingerprint density at radius 3 is 2.38 bits per heavy atom. The van der Waals surface area contributed by atoms with Crippen LogP contribution in [0.4, 0.5) is 0 Å². The summed E-state index contributed by atoms with van der Waals surface area (Å²) < 4.78 is 5.18. The number of methoxy groups -OCH3 is 1. The Balaban J connectivity index is 2.93. The summed E-state index contributed by atoms with van der Waals surface area (Å²) in [6.45, 7) is 7.67. The van der Waals surface area contributed by atoms with E-state index in [4.69, 9.17) is 10.5 Å². The topological polar surface area (TPSA) is 67.6 Å². The van der Waals surface area contributed by atoms with Gasteiger partial charge in [-0.05, 0) is 38.1 Å². The fraction of sp³-hybridized carbons (Fsp3) is 0.562. The molecule has 118 valence electrons. The van der Waals surface area contributed by atoms with E-state index in [9.17, 15) is 4.79 Å². The Morgan fingerprint density at radius 1 is 1.33 bits per heavy atom. The number of hydrogen-bond acceptors (Lipinski definition) is 4. The number of ether oxygens (including phenoxy) is 1. The predicted molar refractivity (Wildman–Crippen MR) is 85.3 cm³/mol. The maximum Gasteiger partial charge on any atom is 0.234 e. The van der Waals surface area contributed by atoms with Crippen LogP contribution in [0.1, 0.15) is 32.4 Å². The number of likely N-dealkylation sites (N-methyl/N-ethyl adjacent to an activating group) is 2. The zero-order valence-electron chi connectivity index (χ0n) is 13.4. The summed E-state index contributed by atoms with van der Waals surface area (Å²) in [6.07, 6.45) is 0. The van der Waals surface area contributed by atoms with Crippen LogP contribution in [0.2, 0.25) is 0 Å². The van der Waals surface area contributed by atoms with Gasteiger partial charge in [0.05, 0.1) is 19.7 Å². The summed E-state index contributed by atoms with van der Waals surface area (Å²) in [5.74, 6) is 0.840. The summed E-state index contributed by atoms with van der Waals surface area (Å²) >= 11 is 0. The van der Waals surface area contributed by atoms with Crippen molar-refractivity contribution < 1.29 is 9.53 Å². The number of carbonyl (C=O) groups is 1. The first kappa shape index (κ1) is 17.5. The van der Waals surface area contributed by atoms with Gasteiger partial charge >= 0.3 is 0 Å². The second-order valence-corrected chi connectivity index (χ2v) is 5.09. The first-order valence-corrected chi connectivity index (χ1v) is 7.43. The number of nitrogens with one attached hydrogen (secondary N) is 1. The minimum Gasteiger partial charge on any atom is -0.497 e. The molecular weight excluding hydrogens is 266 g/mol. The van der Waals surface area contributed by atoms with Crippen LogP contribution in [0, 0.1) is 0 Å². The maximum atomic E-state index is 11.9. The summed E-state index contributed by atoms with van der Waals surface area (Å²) in [5.41, 5.74) is 7.26. The molecule has 0 aliphatic heterocycles. The van der Waals surface area contributed by atoms with Gasteiger partial charge in [0.25, 0.3) is 0 Å². The molecule has 2 unspecified atom stereocenters. The van der Waals surface area contributed by atoms with Crippen LogP contribution >= 0.6 is 0 Å². The van der Waals surface area contributed by atoms with Crippen LogP contribution < -0.4 is 15.8 Å². The molecule has 0 radical (unpaired) electrons. The Morgan fingerprint density at radius 2 is 1.95 bits per heavy atom. The highest BCUT2D eigenvalue weighted by atomic mass is 16.5. The molecular formula is C16H27N3O2. The van der Waals surface area contributed by atoms with Gasteiger partial charge in [0.15, 0.2) is 0 Å². The van der Waals surface area contributed by atoms with Crippen LogP contribution in [-0.2, 0) is 4.79 Å². The third-order valence-corrected chi connectivity index (χ3v) is 3.48. The lowest BCUT2D eigenvalue weighted by Crippen LogP contribution is -2.44. The molecule has 0 spiro atoms. The van der Waals surface area contributed by atoms with Crippen molar-refractivity contribution in [2.24, 2.45) is 5.73 Å². The van der Waals surface area contributed by atoms with E-state index in [2.05, 4.69) is 10.2 Å². The molecule has 0 aliphatic rings. The number of nitrogens with zero attached hydrogens (tertiary/aromatic N) is 1. The molecule has 0 aromatic heterocycles. The molecule has 0 saturated heterocycles. The zero-order chi connectivity index (χ0) is 15.8. The molecule has 1 rings (SSSR count). The number of amides is 1. The summed E-state index contributed by atoms with van der Waals surface area (Å²) in [4.78, 5) is 14.0. The molecule has 0 fully saturated rings. The van der Waals surface area contributed by atoms with Gasteiger partial charge in [-0.25, -0.2) is 0 Å². The van der Waals surface area contributed by atoms with Gasteiger partial charge in [-0.1, -0.05) is 19.1 Å². The molecule has 0 aliphatic carbocycles. The fourth-order valence-electron chi connectivity index (χ4n) is 2.49. The molecule has 1 aromatic rings. The molecule has 5 heteroatoms. The summed E-state index contributed by atoms with van der Waals surface area (Å²) in [5, 5.41) is 2.83. The summed E-state index contributed by atoms with van der Waals surface area (Å²) in [7, 11) is 1.64. The molecule has 21 heavy (non-hydrogen) atoms. The van der Waals surface area contributed by atoms with Gasteiger partial charge in [0.1, 0.15) is 5.75 Å². The molecule has 0 saturated carbocycles. The molecule has 2 atom stereocenters. The molecule has 1 aromatic carbocycles. The van der Waals surface area contributed by atoms with Gasteiger partial charge in [-0.15, -0.1) is 0 Å². The SMILES string of the molecule is CCNC(=O)CN(CC)C(c1ccc(OC)cc1)C(C)N. The van der Waals surface area contributed by atoms with E-state index in [0.717, 1.165) is 17.9 Å². The largest absolute Gasteiger partial charge is 0.497 e. The van der Waals surface area contributed by atoms with E-state index in [1.807, 2.05) is 45.0 Å². The van der Waals surface area contributed by atoms with E-state index in [0.29, 0.717) is 13.1 Å². The van der Waals surface area contributed by atoms with E-state index in [1.54, 1.807) is 7.11 Å². The molecule has 3 N–H and O–H groups in total. The molecule has 0 heterocycles. The van der Waals surface area contributed by atoms with Crippen molar-refractivity contribution in [2.45, 2.75) is 32.9 Å². The molecule has 1 amide bonds. The average Bonchev–Trinajstić information content (AvgIpc) is 2.47. The quantitative estimate of drug-likeness (QED) is 0.763. The van der Waals surface area contributed by atoms with Crippen LogP contribution in [0.5, 0.6) is 5.75 Å². The highest BCUT2D eigenvalue weighted by molar-refractivity contribution is 5.78. The van der Waals surface area contributed by atoms with Crippen LogP contribution in [0.25, 0.3) is 0 Å². The van der Waals surface area contributed by atoms with E-state index in [1.165, 1.54) is 0 Å². The molecule has 0 bridgehead atoms. The minimum absolute atomic E-state index is 0.00325. The van der Waals surface area contributed by atoms with Crippen molar-refractivity contribution in [1.82, 2.24) is 10.2 Å². The Hall–Kier alpha value is -1.59. The van der Waals surface area contributed by atoms with E-state index in [-0.39, 0.29) is 18.0 Å². The number of benzene rings is 1. The third kappa shape index (κ3) is 5.02. The van der Waals surface area contributed by atoms with Gasteiger partial charge in [-0.2, -0.15) is 0 Å². The number of rotatable bonds is 8. The van der Waals surface area contributed by atoms with Crippen molar-refractivity contribution in [2.75, 3.05) is 26.7 Å². The van der Waals surface area contributed by atoms with Crippen molar-refractivity contribution in [1.29, 1.82) is 0 Å². The average molecular weight is 293 g/mol. The highest BCUT2D eigenvalue weighted by Gasteiger charge is 2.24. The number of nitrogens with two attached hydrogens (primary N) is 1. The summed E-state index contributed by atoms with van der Waals surface area (Å²) in [6, 6.07) is 7.78. The first-order valence-electron chi connectivity index (χ1n) is 7.43. The lowest BCUT2D eigenvalue weighted by molar-refractivity contribution is -0.122. The number of carbonyl (C=O) groups excluding carboxylic acids is 1. The van der Waals surface area contributed by atoms with Crippen LogP contribution in [0.3, 0.4) is 0 Å². The van der Waals surface area contributed by atoms with Gasteiger partial charge in [-0.3, -0.25) is 9.69 Å². The third-order valence-electron chi connectivity index (χ3n) is 3.48. The lowest BCUT2D eigenvalue weighted by atomic mass is 9.99. The van der Waals surface area contributed by atoms with E-state index >= 15 is 0 Å². The normalized spacial score (nSPS) is 13.8. The Kier molecular flexibility index (Phi) is 7.19. The fourth-order valence-corrected chi connectivity index (χ4v) is 2.49. The van der Waals surface area contributed by atoms with Crippen molar-refractivity contribution in [3.05, 3.63) is 29.8 Å². The van der Waals surface area contributed by atoms with Crippen molar-refractivity contribution >= 4 is 5.91 Å².